The number of thioether (sulfide) groups is 1. The van der Waals surface area contributed by atoms with Crippen molar-refractivity contribution < 1.29 is 4.79 Å². The second kappa shape index (κ2) is 7.67. The third kappa shape index (κ3) is 4.19. The van der Waals surface area contributed by atoms with Gasteiger partial charge in [0, 0.05) is 23.0 Å². The van der Waals surface area contributed by atoms with Crippen molar-refractivity contribution in [3.63, 3.8) is 0 Å². The number of hydrogen-bond donors (Lipinski definition) is 2. The lowest BCUT2D eigenvalue weighted by atomic mass is 10.2. The molecule has 2 N–H and O–H groups in total. The predicted octanol–water partition coefficient (Wildman–Crippen LogP) is 2.31. The number of halogens is 1. The maximum Gasteiger partial charge on any atom is 0.251 e. The molecule has 1 unspecified atom stereocenters. The third-order valence-corrected chi connectivity index (χ3v) is 3.77. The Morgan fingerprint density at radius 3 is 2.72 bits per heavy atom. The molecule has 5 heteroatoms. The number of carbonyl (C=O) groups excluding carboxylic acids is 1. The summed E-state index contributed by atoms with van der Waals surface area (Å²) >= 11 is 1.68. The minimum absolute atomic E-state index is 0. The molecule has 0 saturated carbocycles. The van der Waals surface area contributed by atoms with Gasteiger partial charge < -0.3 is 10.6 Å². The van der Waals surface area contributed by atoms with Crippen molar-refractivity contribution in [2.45, 2.75) is 23.8 Å². The molecule has 2 rings (SSSR count). The minimum atomic E-state index is 0. The average Bonchev–Trinajstić information content (AvgIpc) is 2.89. The van der Waals surface area contributed by atoms with Crippen LogP contribution >= 0.6 is 24.2 Å². The molecule has 1 saturated heterocycles. The Bertz CT molecular complexity index is 377. The van der Waals surface area contributed by atoms with Crippen molar-refractivity contribution in [2.75, 3.05) is 19.3 Å². The van der Waals surface area contributed by atoms with Crippen LogP contribution in [-0.2, 0) is 0 Å². The van der Waals surface area contributed by atoms with Crippen molar-refractivity contribution in [3.05, 3.63) is 29.8 Å². The summed E-state index contributed by atoms with van der Waals surface area (Å²) in [5.74, 6) is 0.0198. The largest absolute Gasteiger partial charge is 0.350 e. The van der Waals surface area contributed by atoms with Crippen LogP contribution < -0.4 is 10.6 Å². The van der Waals surface area contributed by atoms with Crippen LogP contribution in [0.4, 0.5) is 0 Å². The van der Waals surface area contributed by atoms with E-state index in [0.29, 0.717) is 6.04 Å². The second-order valence-corrected chi connectivity index (χ2v) is 5.11. The van der Waals surface area contributed by atoms with E-state index in [2.05, 4.69) is 10.6 Å². The molecule has 100 valence electrons. The van der Waals surface area contributed by atoms with Gasteiger partial charge in [0.05, 0.1) is 0 Å². The van der Waals surface area contributed by atoms with Crippen LogP contribution in [-0.4, -0.2) is 31.3 Å². The fourth-order valence-corrected chi connectivity index (χ4v) is 2.40. The molecule has 1 aliphatic rings. The quantitative estimate of drug-likeness (QED) is 0.835. The first-order valence-corrected chi connectivity index (χ1v) is 7.17. The van der Waals surface area contributed by atoms with E-state index in [1.165, 1.54) is 11.3 Å². The molecule has 1 aromatic rings. The van der Waals surface area contributed by atoms with Crippen LogP contribution in [0.25, 0.3) is 0 Å². The minimum Gasteiger partial charge on any atom is -0.350 e. The Balaban J connectivity index is 0.00000162. The zero-order chi connectivity index (χ0) is 12.1. The summed E-state index contributed by atoms with van der Waals surface area (Å²) < 4.78 is 0. The van der Waals surface area contributed by atoms with Crippen LogP contribution in [0.1, 0.15) is 23.2 Å². The normalized spacial score (nSPS) is 18.2. The first kappa shape index (κ1) is 15.3. The Hall–Kier alpha value is -0.710. The van der Waals surface area contributed by atoms with E-state index in [1.54, 1.807) is 11.8 Å². The Morgan fingerprint density at radius 2 is 2.17 bits per heavy atom. The van der Waals surface area contributed by atoms with E-state index in [0.717, 1.165) is 25.1 Å². The number of hydrogen-bond acceptors (Lipinski definition) is 3. The second-order valence-electron chi connectivity index (χ2n) is 4.23. The first-order valence-electron chi connectivity index (χ1n) is 5.95. The lowest BCUT2D eigenvalue weighted by Crippen LogP contribution is -2.37. The molecule has 1 fully saturated rings. The van der Waals surface area contributed by atoms with Crippen LogP contribution in [0.2, 0.25) is 0 Å². The van der Waals surface area contributed by atoms with Gasteiger partial charge in [-0.25, -0.2) is 0 Å². The van der Waals surface area contributed by atoms with Gasteiger partial charge in [-0.1, -0.05) is 0 Å². The van der Waals surface area contributed by atoms with Gasteiger partial charge in [0.1, 0.15) is 0 Å². The molecule has 0 spiro atoms. The fraction of sp³-hybridized carbons (Fsp3) is 0.462. The van der Waals surface area contributed by atoms with Crippen LogP contribution in [0, 0.1) is 0 Å². The highest BCUT2D eigenvalue weighted by Crippen LogP contribution is 2.14. The Morgan fingerprint density at radius 1 is 1.44 bits per heavy atom. The van der Waals surface area contributed by atoms with Gasteiger partial charge in [-0.15, -0.1) is 24.2 Å². The molecular formula is C13H19ClN2OS. The summed E-state index contributed by atoms with van der Waals surface area (Å²) in [5, 5.41) is 6.33. The highest BCUT2D eigenvalue weighted by atomic mass is 35.5. The van der Waals surface area contributed by atoms with Gasteiger partial charge >= 0.3 is 0 Å². The van der Waals surface area contributed by atoms with E-state index in [9.17, 15) is 4.79 Å². The molecule has 0 aliphatic carbocycles. The fourth-order valence-electron chi connectivity index (χ4n) is 1.99. The molecule has 1 aromatic carbocycles. The van der Waals surface area contributed by atoms with Crippen LogP contribution in [0.15, 0.2) is 29.2 Å². The molecule has 1 heterocycles. The smallest absolute Gasteiger partial charge is 0.251 e. The van der Waals surface area contributed by atoms with Gasteiger partial charge in [0.15, 0.2) is 0 Å². The highest BCUT2D eigenvalue weighted by Gasteiger charge is 2.15. The van der Waals surface area contributed by atoms with Crippen molar-refractivity contribution in [2.24, 2.45) is 0 Å². The summed E-state index contributed by atoms with van der Waals surface area (Å²) in [6.07, 6.45) is 4.40. The molecule has 0 aromatic heterocycles. The van der Waals surface area contributed by atoms with Crippen molar-refractivity contribution in [3.8, 4) is 0 Å². The summed E-state index contributed by atoms with van der Waals surface area (Å²) in [4.78, 5) is 13.0. The van der Waals surface area contributed by atoms with E-state index in [4.69, 9.17) is 0 Å². The van der Waals surface area contributed by atoms with E-state index < -0.39 is 0 Å². The van der Waals surface area contributed by atoms with Crippen molar-refractivity contribution in [1.29, 1.82) is 0 Å². The molecule has 18 heavy (non-hydrogen) atoms. The van der Waals surface area contributed by atoms with Gasteiger partial charge in [-0.05, 0) is 49.9 Å². The number of carbonyl (C=O) groups is 1. The van der Waals surface area contributed by atoms with Gasteiger partial charge in [0.25, 0.3) is 5.91 Å². The topological polar surface area (TPSA) is 41.1 Å². The van der Waals surface area contributed by atoms with E-state index in [-0.39, 0.29) is 18.3 Å². The van der Waals surface area contributed by atoms with Gasteiger partial charge in [-0.2, -0.15) is 0 Å². The van der Waals surface area contributed by atoms with E-state index in [1.807, 2.05) is 30.5 Å². The average molecular weight is 287 g/mol. The Labute approximate surface area is 119 Å². The molecule has 1 amide bonds. The lowest BCUT2D eigenvalue weighted by molar-refractivity contribution is 0.0950. The molecule has 3 nitrogen and oxygen atoms in total. The standard InChI is InChI=1S/C13H18N2OS.ClH/c1-17-12-6-4-10(5-7-12)13(16)15-9-11-3-2-8-14-11;/h4-7,11,14H,2-3,8-9H2,1H3,(H,15,16);1H. The van der Waals surface area contributed by atoms with Crippen LogP contribution in [0.5, 0.6) is 0 Å². The SMILES string of the molecule is CSc1ccc(C(=O)NCC2CCCN2)cc1.Cl. The summed E-state index contributed by atoms with van der Waals surface area (Å²) in [6.45, 7) is 1.80. The highest BCUT2D eigenvalue weighted by molar-refractivity contribution is 7.98. The Kier molecular flexibility index (Phi) is 6.54. The summed E-state index contributed by atoms with van der Waals surface area (Å²) in [7, 11) is 0. The van der Waals surface area contributed by atoms with Gasteiger partial charge in [0.2, 0.25) is 0 Å². The molecule has 0 radical (unpaired) electrons. The van der Waals surface area contributed by atoms with E-state index >= 15 is 0 Å². The molecule has 1 aliphatic heterocycles. The summed E-state index contributed by atoms with van der Waals surface area (Å²) in [5.41, 5.74) is 0.737. The molecular weight excluding hydrogens is 268 g/mol. The van der Waals surface area contributed by atoms with Crippen molar-refractivity contribution in [1.82, 2.24) is 10.6 Å². The zero-order valence-corrected chi connectivity index (χ0v) is 12.1. The van der Waals surface area contributed by atoms with Gasteiger partial charge in [-0.3, -0.25) is 4.79 Å². The van der Waals surface area contributed by atoms with Crippen molar-refractivity contribution >= 4 is 30.1 Å². The van der Waals surface area contributed by atoms with Crippen LogP contribution in [0.3, 0.4) is 0 Å². The summed E-state index contributed by atoms with van der Waals surface area (Å²) in [6, 6.07) is 8.16. The molecule has 0 bridgehead atoms. The number of nitrogens with one attached hydrogen (secondary N) is 2. The number of amides is 1. The number of benzene rings is 1. The monoisotopic (exact) mass is 286 g/mol. The maximum absolute atomic E-state index is 11.9. The lowest BCUT2D eigenvalue weighted by Gasteiger charge is -2.11. The maximum atomic E-state index is 11.9. The number of rotatable bonds is 4. The molecule has 1 atom stereocenters. The third-order valence-electron chi connectivity index (χ3n) is 3.02. The zero-order valence-electron chi connectivity index (χ0n) is 10.4. The predicted molar refractivity (Wildman–Crippen MR) is 78.8 cm³/mol. The first-order chi connectivity index (χ1) is 8.29.